The van der Waals surface area contributed by atoms with Crippen LogP contribution >= 0.6 is 34.5 Å². The largest absolute Gasteiger partial charge is 0.744 e. The van der Waals surface area contributed by atoms with Crippen molar-refractivity contribution in [2.75, 3.05) is 37.6 Å². The third-order valence-corrected chi connectivity index (χ3v) is 11.6. The minimum Gasteiger partial charge on any atom is -0.744 e. The summed E-state index contributed by atoms with van der Waals surface area (Å²) in [5, 5.41) is 5.11. The number of nitrogens with one attached hydrogen (secondary N) is 1. The maximum atomic E-state index is 12.6. The molecule has 4 heterocycles. The van der Waals surface area contributed by atoms with Gasteiger partial charge in [-0.15, -0.1) is 11.3 Å². The molecule has 2 aromatic carbocycles. The van der Waals surface area contributed by atoms with Gasteiger partial charge in [0.05, 0.1) is 49.9 Å². The highest BCUT2D eigenvalue weighted by Gasteiger charge is 2.40. The molecule has 2 aliphatic rings. The molecule has 2 saturated heterocycles. The second-order valence-electron chi connectivity index (χ2n) is 13.1. The molecule has 2 fully saturated rings. The Morgan fingerprint density at radius 1 is 1.08 bits per heavy atom. The van der Waals surface area contributed by atoms with Gasteiger partial charge in [0.15, 0.2) is 5.65 Å². The molecule has 6 rings (SSSR count). The van der Waals surface area contributed by atoms with Crippen molar-refractivity contribution in [1.29, 1.82) is 0 Å². The predicted molar refractivity (Wildman–Crippen MR) is 197 cm³/mol. The maximum absolute atomic E-state index is 12.6. The number of hydrogen-bond donors (Lipinski definition) is 2. The van der Waals surface area contributed by atoms with Gasteiger partial charge >= 0.3 is 0 Å². The summed E-state index contributed by atoms with van der Waals surface area (Å²) in [6.45, 7) is 9.94. The zero-order valence-electron chi connectivity index (χ0n) is 28.5. The smallest absolute Gasteiger partial charge is 0.220 e. The molecule has 0 radical (unpaired) electrons. The summed E-state index contributed by atoms with van der Waals surface area (Å²) in [4.78, 5) is 24.1. The standard InChI is InChI=1S/C28H36Cl2N6O2S.C7H8O3S/c1-18-16-35(17-19(2)38-18)25-9-8-24-28(33-25)34-27(39-24)11-10-26(37)32-12-4-14-36(31)13-3-5-23(36)20-6-7-21(29)22(30)15-20;1-6-2-4-7(5-3-6)11(8,9)10/h6-9,15,18-19,23H,3-5,10-14,16-17,31H2,1-2H3;2-5H,1H3,(H,8,9,10). The SMILES string of the molecule is CC1CN(c2ccc3sc(CCC(=O)NCCC[N+]4(N)CCCC4c4ccc(Cl)c(Cl)c4)nc3n2)CC(C)O1.Cc1ccc(S(=O)(=O)[O-])cc1. The molecule has 0 bridgehead atoms. The highest BCUT2D eigenvalue weighted by molar-refractivity contribution is 7.85. The Morgan fingerprint density at radius 2 is 1.80 bits per heavy atom. The fourth-order valence-electron chi connectivity index (χ4n) is 6.56. The fourth-order valence-corrected chi connectivity index (χ4v) is 8.24. The number of fused-ring (bicyclic) bond motifs is 1. The summed E-state index contributed by atoms with van der Waals surface area (Å²) in [5.41, 5.74) is 2.80. The lowest BCUT2D eigenvalue weighted by atomic mass is 10.0. The van der Waals surface area contributed by atoms with Gasteiger partial charge in [0, 0.05) is 57.3 Å². The van der Waals surface area contributed by atoms with Crippen LogP contribution in [0.15, 0.2) is 59.5 Å². The van der Waals surface area contributed by atoms with E-state index in [1.165, 1.54) is 12.1 Å². The fraction of sp³-hybridized carbons (Fsp3) is 0.457. The van der Waals surface area contributed by atoms with Crippen molar-refractivity contribution in [2.24, 2.45) is 5.84 Å². The van der Waals surface area contributed by atoms with E-state index in [1.54, 1.807) is 23.5 Å². The number of nitrogens with zero attached hydrogens (tertiary/aromatic N) is 4. The van der Waals surface area contributed by atoms with Crippen molar-refractivity contribution in [3.63, 3.8) is 0 Å². The number of nitrogens with two attached hydrogens (primary N) is 1. The molecular formula is C35H44Cl2N6O5S2. The summed E-state index contributed by atoms with van der Waals surface area (Å²) in [6, 6.07) is 15.9. The van der Waals surface area contributed by atoms with E-state index in [0.717, 1.165) is 77.7 Å². The van der Waals surface area contributed by atoms with Gasteiger partial charge in [-0.25, -0.2) is 23.0 Å². The van der Waals surface area contributed by atoms with E-state index in [4.69, 9.17) is 43.7 Å². The number of thiazole rings is 1. The second-order valence-corrected chi connectivity index (χ2v) is 16.4. The van der Waals surface area contributed by atoms with E-state index >= 15 is 0 Å². The van der Waals surface area contributed by atoms with Crippen LogP contribution in [0.1, 0.15) is 61.7 Å². The second kappa shape index (κ2) is 16.6. The van der Waals surface area contributed by atoms with Crippen LogP contribution in [0, 0.1) is 6.92 Å². The van der Waals surface area contributed by atoms with Crippen molar-refractivity contribution >= 4 is 66.7 Å². The molecule has 15 heteroatoms. The number of halogens is 2. The van der Waals surface area contributed by atoms with Gasteiger partial charge in [-0.2, -0.15) is 5.84 Å². The number of aryl methyl sites for hydroxylation is 2. The van der Waals surface area contributed by atoms with Crippen LogP contribution in [0.25, 0.3) is 10.3 Å². The molecule has 270 valence electrons. The number of quaternary nitrogens is 1. The molecule has 50 heavy (non-hydrogen) atoms. The Hall–Kier alpha value is -2.88. The molecule has 0 aliphatic carbocycles. The molecule has 4 atom stereocenters. The first kappa shape index (κ1) is 38.4. The summed E-state index contributed by atoms with van der Waals surface area (Å²) in [7, 11) is -4.27. The number of rotatable bonds is 10. The van der Waals surface area contributed by atoms with Crippen molar-refractivity contribution in [3.8, 4) is 0 Å². The molecular weight excluding hydrogens is 719 g/mol. The summed E-state index contributed by atoms with van der Waals surface area (Å²) in [6.07, 6.45) is 4.25. The van der Waals surface area contributed by atoms with E-state index in [-0.39, 0.29) is 29.1 Å². The van der Waals surface area contributed by atoms with Crippen LogP contribution in [0.2, 0.25) is 10.0 Å². The van der Waals surface area contributed by atoms with Crippen LogP contribution in [-0.4, -0.2) is 78.4 Å². The highest BCUT2D eigenvalue weighted by Crippen LogP contribution is 2.38. The summed E-state index contributed by atoms with van der Waals surface area (Å²) in [5.74, 6) is 7.77. The minimum atomic E-state index is -4.27. The average molecular weight is 764 g/mol. The number of pyridine rings is 1. The van der Waals surface area contributed by atoms with Gasteiger partial charge in [0.2, 0.25) is 5.91 Å². The van der Waals surface area contributed by atoms with Crippen LogP contribution in [0.4, 0.5) is 5.82 Å². The third-order valence-electron chi connectivity index (χ3n) is 8.98. The Labute approximate surface area is 308 Å². The third kappa shape index (κ3) is 10.1. The van der Waals surface area contributed by atoms with Crippen molar-refractivity contribution in [1.82, 2.24) is 15.3 Å². The molecule has 4 unspecified atom stereocenters. The van der Waals surface area contributed by atoms with Crippen molar-refractivity contribution in [3.05, 3.63) is 80.8 Å². The lowest BCUT2D eigenvalue weighted by Gasteiger charge is -2.36. The topological polar surface area (TPSA) is 151 Å². The zero-order valence-corrected chi connectivity index (χ0v) is 31.6. The van der Waals surface area contributed by atoms with Gasteiger partial charge in [-0.3, -0.25) is 4.79 Å². The molecule has 0 spiro atoms. The van der Waals surface area contributed by atoms with Crippen molar-refractivity contribution in [2.45, 2.75) is 76.0 Å². The van der Waals surface area contributed by atoms with E-state index in [2.05, 4.69) is 36.2 Å². The first-order valence-corrected chi connectivity index (χ1v) is 19.7. The van der Waals surface area contributed by atoms with E-state index < -0.39 is 10.1 Å². The number of carbonyl (C=O) groups excluding carboxylic acids is 1. The summed E-state index contributed by atoms with van der Waals surface area (Å²) >= 11 is 14.0. The normalized spacial score (nSPS) is 22.3. The molecule has 0 saturated carbocycles. The quantitative estimate of drug-likeness (QED) is 0.0836. The van der Waals surface area contributed by atoms with Crippen LogP contribution in [-0.2, 0) is 26.1 Å². The van der Waals surface area contributed by atoms with E-state index in [0.29, 0.717) is 34.0 Å². The molecule has 2 aromatic heterocycles. The molecule has 1 amide bonds. The van der Waals surface area contributed by atoms with E-state index in [1.807, 2.05) is 25.1 Å². The Balaban J connectivity index is 0.000000377. The lowest BCUT2D eigenvalue weighted by molar-refractivity contribution is -0.956. The number of anilines is 1. The number of hydrogen-bond acceptors (Lipinski definition) is 10. The van der Waals surface area contributed by atoms with Crippen LogP contribution in [0.3, 0.4) is 0 Å². The van der Waals surface area contributed by atoms with Gasteiger partial charge in [-0.05, 0) is 57.2 Å². The number of aromatic nitrogens is 2. The first-order chi connectivity index (χ1) is 23.7. The van der Waals surface area contributed by atoms with Gasteiger partial charge in [-0.1, -0.05) is 47.0 Å². The molecule has 4 aromatic rings. The molecule has 2 aliphatic heterocycles. The number of benzene rings is 2. The first-order valence-electron chi connectivity index (χ1n) is 16.8. The van der Waals surface area contributed by atoms with Crippen molar-refractivity contribution < 1.29 is 27.1 Å². The number of likely N-dealkylation sites (tertiary alicyclic amines) is 1. The van der Waals surface area contributed by atoms with Gasteiger partial charge in [0.1, 0.15) is 22.0 Å². The van der Waals surface area contributed by atoms with Gasteiger partial charge < -0.3 is 19.5 Å². The monoisotopic (exact) mass is 762 g/mol. The van der Waals surface area contributed by atoms with Gasteiger partial charge in [0.25, 0.3) is 0 Å². The number of amides is 1. The number of carbonyl (C=O) groups is 1. The van der Waals surface area contributed by atoms with Crippen LogP contribution in [0.5, 0.6) is 0 Å². The average Bonchev–Trinajstić information content (AvgIpc) is 3.66. The number of morpholine rings is 1. The van der Waals surface area contributed by atoms with E-state index in [9.17, 15) is 17.8 Å². The molecule has 3 N–H and O–H groups in total. The predicted octanol–water partition coefficient (Wildman–Crippen LogP) is 6.18. The highest BCUT2D eigenvalue weighted by atomic mass is 35.5. The zero-order chi connectivity index (χ0) is 36.1. The lowest BCUT2D eigenvalue weighted by Crippen LogP contribution is -2.54. The molecule has 11 nitrogen and oxygen atoms in total. The van der Waals surface area contributed by atoms with Crippen LogP contribution < -0.4 is 16.1 Å². The number of ether oxygens (including phenoxy) is 1. The summed E-state index contributed by atoms with van der Waals surface area (Å²) < 4.78 is 38.5. The minimum absolute atomic E-state index is 0.0326. The Morgan fingerprint density at radius 3 is 2.48 bits per heavy atom. The Kier molecular flexibility index (Phi) is 12.8. The Bertz CT molecular complexity index is 1880. The maximum Gasteiger partial charge on any atom is 0.220 e.